The van der Waals surface area contributed by atoms with Crippen molar-refractivity contribution in [1.82, 2.24) is 10.4 Å². The van der Waals surface area contributed by atoms with E-state index in [1.807, 2.05) is 37.3 Å². The van der Waals surface area contributed by atoms with Gasteiger partial charge in [-0.15, -0.1) is 0 Å². The maximum atomic E-state index is 12.6. The molecule has 0 saturated heterocycles. The van der Waals surface area contributed by atoms with Crippen LogP contribution in [-0.2, 0) is 5.66 Å². The highest BCUT2D eigenvalue weighted by molar-refractivity contribution is 6.31. The van der Waals surface area contributed by atoms with E-state index in [2.05, 4.69) is 10.7 Å². The van der Waals surface area contributed by atoms with E-state index in [-0.39, 0.29) is 5.91 Å². The molecule has 0 spiro atoms. The summed E-state index contributed by atoms with van der Waals surface area (Å²) in [7, 11) is 3.33. The number of anilines is 1. The highest BCUT2D eigenvalue weighted by atomic mass is 35.5. The second kappa shape index (κ2) is 5.76. The molecule has 1 heterocycles. The van der Waals surface area contributed by atoms with Crippen LogP contribution in [0.1, 0.15) is 22.8 Å². The van der Waals surface area contributed by atoms with Crippen LogP contribution >= 0.6 is 11.6 Å². The molecule has 6 heteroatoms. The predicted octanol–water partition coefficient (Wildman–Crippen LogP) is 3.22. The smallest absolute Gasteiger partial charge is 0.269 e. The maximum absolute atomic E-state index is 12.6. The third-order valence-corrected chi connectivity index (χ3v) is 4.20. The van der Waals surface area contributed by atoms with E-state index in [0.29, 0.717) is 10.6 Å². The number of nitrogens with one attached hydrogen (secondary N) is 2. The molecule has 0 aliphatic carbocycles. The quantitative estimate of drug-likeness (QED) is 0.887. The molecule has 1 aliphatic rings. The second-order valence-corrected chi connectivity index (χ2v) is 6.08. The number of amides is 1. The SMILES string of the molecule is COc1ccc(C2(C)Nc3ccc(Cl)cc3C(=O)N(C)N2)cc1. The van der Waals surface area contributed by atoms with Gasteiger partial charge in [0.15, 0.2) is 0 Å². The average molecular weight is 332 g/mol. The molecule has 1 amide bonds. The van der Waals surface area contributed by atoms with Gasteiger partial charge in [-0.3, -0.25) is 9.80 Å². The monoisotopic (exact) mass is 331 g/mol. The maximum Gasteiger partial charge on any atom is 0.269 e. The van der Waals surface area contributed by atoms with E-state index in [1.165, 1.54) is 5.01 Å². The fourth-order valence-electron chi connectivity index (χ4n) is 2.73. The molecule has 2 N–H and O–H groups in total. The number of hydrogen-bond acceptors (Lipinski definition) is 4. The zero-order chi connectivity index (χ0) is 16.6. The van der Waals surface area contributed by atoms with Crippen molar-refractivity contribution in [2.45, 2.75) is 12.6 Å². The van der Waals surface area contributed by atoms with Gasteiger partial charge in [-0.05, 0) is 42.8 Å². The lowest BCUT2D eigenvalue weighted by molar-refractivity contribution is 0.0649. The van der Waals surface area contributed by atoms with Gasteiger partial charge in [-0.1, -0.05) is 23.7 Å². The first kappa shape index (κ1) is 15.6. The van der Waals surface area contributed by atoms with Crippen molar-refractivity contribution >= 4 is 23.2 Å². The van der Waals surface area contributed by atoms with Crippen molar-refractivity contribution in [3.8, 4) is 5.75 Å². The first-order valence-corrected chi connectivity index (χ1v) is 7.59. The minimum atomic E-state index is -0.657. The summed E-state index contributed by atoms with van der Waals surface area (Å²) in [5.41, 5.74) is 4.79. The molecule has 2 aromatic rings. The minimum absolute atomic E-state index is 0.146. The van der Waals surface area contributed by atoms with Crippen molar-refractivity contribution in [3.05, 3.63) is 58.6 Å². The lowest BCUT2D eigenvalue weighted by Crippen LogP contribution is -2.53. The number of carbonyl (C=O) groups is 1. The van der Waals surface area contributed by atoms with Crippen molar-refractivity contribution in [2.75, 3.05) is 19.5 Å². The number of nitrogens with zero attached hydrogens (tertiary/aromatic N) is 1. The third-order valence-electron chi connectivity index (χ3n) is 3.96. The van der Waals surface area contributed by atoms with Gasteiger partial charge < -0.3 is 10.1 Å². The van der Waals surface area contributed by atoms with E-state index < -0.39 is 5.66 Å². The molecule has 0 bridgehead atoms. The highest BCUT2D eigenvalue weighted by Gasteiger charge is 2.34. The summed E-state index contributed by atoms with van der Waals surface area (Å²) in [6.45, 7) is 1.97. The molecule has 0 saturated carbocycles. The summed E-state index contributed by atoms with van der Waals surface area (Å²) < 4.78 is 5.20. The van der Waals surface area contributed by atoms with Crippen LogP contribution in [0.15, 0.2) is 42.5 Å². The molecule has 1 atom stereocenters. The van der Waals surface area contributed by atoms with Gasteiger partial charge in [0.2, 0.25) is 0 Å². The van der Waals surface area contributed by atoms with Gasteiger partial charge in [0.25, 0.3) is 5.91 Å². The Morgan fingerprint density at radius 2 is 1.87 bits per heavy atom. The molecule has 120 valence electrons. The van der Waals surface area contributed by atoms with E-state index in [1.54, 1.807) is 26.3 Å². The lowest BCUT2D eigenvalue weighted by Gasteiger charge is -2.34. The standard InChI is InChI=1S/C17H18ClN3O2/c1-17(11-4-7-13(23-3)8-5-11)19-15-9-6-12(18)10-14(15)16(22)21(2)20-17/h4-10,19-20H,1-3H3. The Kier molecular flexibility index (Phi) is 3.92. The number of halogens is 1. The normalized spacial score (nSPS) is 20.5. The summed E-state index contributed by atoms with van der Waals surface area (Å²) in [4.78, 5) is 12.6. The van der Waals surface area contributed by atoms with Crippen molar-refractivity contribution in [1.29, 1.82) is 0 Å². The van der Waals surface area contributed by atoms with Crippen LogP contribution in [0.3, 0.4) is 0 Å². The fraction of sp³-hybridized carbons (Fsp3) is 0.235. The summed E-state index contributed by atoms with van der Waals surface area (Å²) in [6.07, 6.45) is 0. The van der Waals surface area contributed by atoms with Gasteiger partial charge >= 0.3 is 0 Å². The largest absolute Gasteiger partial charge is 0.497 e. The molecule has 1 unspecified atom stereocenters. The van der Waals surface area contributed by atoms with Crippen LogP contribution in [0, 0.1) is 0 Å². The third kappa shape index (κ3) is 2.85. The molecule has 2 aromatic carbocycles. The summed E-state index contributed by atoms with van der Waals surface area (Å²) >= 11 is 6.03. The van der Waals surface area contributed by atoms with Gasteiger partial charge in [0.05, 0.1) is 12.7 Å². The molecule has 3 rings (SSSR count). The molecular formula is C17H18ClN3O2. The Morgan fingerprint density at radius 3 is 2.52 bits per heavy atom. The number of carbonyl (C=O) groups excluding carboxylic acids is 1. The number of hydrazine groups is 1. The molecule has 0 radical (unpaired) electrons. The van der Waals surface area contributed by atoms with Gasteiger partial charge in [0, 0.05) is 17.8 Å². The predicted molar refractivity (Wildman–Crippen MR) is 90.6 cm³/mol. The first-order valence-electron chi connectivity index (χ1n) is 7.21. The van der Waals surface area contributed by atoms with Crippen LogP contribution in [0.5, 0.6) is 5.75 Å². The van der Waals surface area contributed by atoms with Crippen LogP contribution in [0.25, 0.3) is 0 Å². The number of hydrogen-bond donors (Lipinski definition) is 2. The Balaban J connectivity index is 2.06. The van der Waals surface area contributed by atoms with E-state index in [4.69, 9.17) is 16.3 Å². The molecule has 1 aliphatic heterocycles. The average Bonchev–Trinajstić information content (AvgIpc) is 2.64. The number of fused-ring (bicyclic) bond motifs is 1. The Morgan fingerprint density at radius 1 is 1.17 bits per heavy atom. The van der Waals surface area contributed by atoms with E-state index in [0.717, 1.165) is 17.0 Å². The van der Waals surface area contributed by atoms with Gasteiger partial charge in [0.1, 0.15) is 11.4 Å². The number of benzene rings is 2. The number of methoxy groups -OCH3 is 1. The van der Waals surface area contributed by atoms with Crippen molar-refractivity contribution in [3.63, 3.8) is 0 Å². The molecule has 0 fully saturated rings. The van der Waals surface area contributed by atoms with E-state index in [9.17, 15) is 4.79 Å². The van der Waals surface area contributed by atoms with Crippen LogP contribution < -0.4 is 15.5 Å². The Hall–Kier alpha value is -2.24. The van der Waals surface area contributed by atoms with Gasteiger partial charge in [-0.2, -0.15) is 0 Å². The summed E-state index contributed by atoms with van der Waals surface area (Å²) in [6, 6.07) is 12.9. The highest BCUT2D eigenvalue weighted by Crippen LogP contribution is 2.32. The van der Waals surface area contributed by atoms with Crippen molar-refractivity contribution in [2.24, 2.45) is 0 Å². The molecular weight excluding hydrogens is 314 g/mol. The second-order valence-electron chi connectivity index (χ2n) is 5.64. The van der Waals surface area contributed by atoms with E-state index >= 15 is 0 Å². The molecule has 5 nitrogen and oxygen atoms in total. The van der Waals surface area contributed by atoms with Gasteiger partial charge in [-0.25, -0.2) is 5.43 Å². The van der Waals surface area contributed by atoms with Crippen molar-refractivity contribution < 1.29 is 9.53 Å². The summed E-state index contributed by atoms with van der Waals surface area (Å²) in [5.74, 6) is 0.634. The van der Waals surface area contributed by atoms with Crippen LogP contribution in [0.4, 0.5) is 5.69 Å². The first-order chi connectivity index (χ1) is 10.9. The lowest BCUT2D eigenvalue weighted by atomic mass is 10.0. The topological polar surface area (TPSA) is 53.6 Å². The molecule has 0 aromatic heterocycles. The molecule has 23 heavy (non-hydrogen) atoms. The summed E-state index contributed by atoms with van der Waals surface area (Å²) in [5, 5.41) is 5.40. The zero-order valence-electron chi connectivity index (χ0n) is 13.2. The van der Waals surface area contributed by atoms with Crippen LogP contribution in [-0.4, -0.2) is 25.1 Å². The van der Waals surface area contributed by atoms with Crippen LogP contribution in [0.2, 0.25) is 5.02 Å². The number of rotatable bonds is 2. The zero-order valence-corrected chi connectivity index (χ0v) is 13.9. The Bertz CT molecular complexity index is 748. The number of ether oxygens (including phenoxy) is 1. The fourth-order valence-corrected chi connectivity index (χ4v) is 2.90. The Labute approximate surface area is 140 Å². The minimum Gasteiger partial charge on any atom is -0.497 e.